The van der Waals surface area contributed by atoms with E-state index >= 15 is 0 Å². The highest BCUT2D eigenvalue weighted by Crippen LogP contribution is 2.60. The minimum atomic E-state index is -0.105. The molecule has 5 rings (SSSR count). The maximum Gasteiger partial charge on any atom is 0.231 e. The zero-order valence-electron chi connectivity index (χ0n) is 11.4. The predicted molar refractivity (Wildman–Crippen MR) is 81.2 cm³/mol. The molecule has 1 aromatic heterocycles. The molecule has 4 aliphatic rings. The Morgan fingerprint density at radius 2 is 1.80 bits per heavy atom. The lowest BCUT2D eigenvalue weighted by molar-refractivity contribution is -0.140. The van der Waals surface area contributed by atoms with Gasteiger partial charge in [0.1, 0.15) is 5.82 Å². The molecule has 20 heavy (non-hydrogen) atoms. The molecule has 0 atom stereocenters. The van der Waals surface area contributed by atoms with Crippen LogP contribution in [0, 0.1) is 23.2 Å². The normalized spacial score (nSPS) is 38.0. The summed E-state index contributed by atoms with van der Waals surface area (Å²) in [7, 11) is 0. The Kier molecular flexibility index (Phi) is 2.92. The maximum atomic E-state index is 12.8. The summed E-state index contributed by atoms with van der Waals surface area (Å²) in [5.41, 5.74) is -0.105. The number of anilines is 1. The van der Waals surface area contributed by atoms with Crippen LogP contribution in [0.2, 0.25) is 0 Å². The minimum Gasteiger partial charge on any atom is -0.309 e. The Hall–Kier alpha value is -0.900. The number of amides is 1. The van der Waals surface area contributed by atoms with E-state index in [1.807, 2.05) is 12.1 Å². The standard InChI is InChI=1S/C16H19BrN2O/c17-13-2-1-3-18-14(13)19-15(20)16-7-10-4-11(8-16)6-12(5-10)9-16/h1-3,10-12H,4-9H2,(H,18,19,20). The number of rotatable bonds is 2. The average Bonchev–Trinajstić information content (AvgIpc) is 2.40. The van der Waals surface area contributed by atoms with Gasteiger partial charge in [-0.05, 0) is 84.3 Å². The second kappa shape index (κ2) is 4.55. The van der Waals surface area contributed by atoms with E-state index in [1.54, 1.807) is 6.20 Å². The van der Waals surface area contributed by atoms with Crippen molar-refractivity contribution in [1.82, 2.24) is 4.98 Å². The van der Waals surface area contributed by atoms with Crippen molar-refractivity contribution in [2.24, 2.45) is 23.2 Å². The van der Waals surface area contributed by atoms with Gasteiger partial charge >= 0.3 is 0 Å². The van der Waals surface area contributed by atoms with Gasteiger partial charge in [-0.25, -0.2) is 4.98 Å². The molecule has 3 nitrogen and oxygen atoms in total. The summed E-state index contributed by atoms with van der Waals surface area (Å²) in [5, 5.41) is 3.07. The first-order valence-electron chi connectivity index (χ1n) is 7.57. The van der Waals surface area contributed by atoms with Crippen molar-refractivity contribution in [3.63, 3.8) is 0 Å². The van der Waals surface area contributed by atoms with E-state index in [0.29, 0.717) is 5.82 Å². The topological polar surface area (TPSA) is 42.0 Å². The molecule has 1 amide bonds. The highest BCUT2D eigenvalue weighted by molar-refractivity contribution is 9.10. The minimum absolute atomic E-state index is 0.105. The molecule has 0 spiro atoms. The van der Waals surface area contributed by atoms with E-state index in [9.17, 15) is 4.79 Å². The number of aromatic nitrogens is 1. The Morgan fingerprint density at radius 1 is 1.20 bits per heavy atom. The summed E-state index contributed by atoms with van der Waals surface area (Å²) in [6.45, 7) is 0. The van der Waals surface area contributed by atoms with E-state index in [-0.39, 0.29) is 11.3 Å². The van der Waals surface area contributed by atoms with Gasteiger partial charge < -0.3 is 5.32 Å². The molecular formula is C16H19BrN2O. The van der Waals surface area contributed by atoms with E-state index < -0.39 is 0 Å². The van der Waals surface area contributed by atoms with Crippen LogP contribution in [0.5, 0.6) is 0 Å². The first-order chi connectivity index (χ1) is 9.64. The summed E-state index contributed by atoms with van der Waals surface area (Å²) in [6, 6.07) is 3.78. The third kappa shape index (κ3) is 2.00. The Labute approximate surface area is 127 Å². The summed E-state index contributed by atoms with van der Waals surface area (Å²) >= 11 is 3.46. The molecule has 0 unspecified atom stereocenters. The highest BCUT2D eigenvalue weighted by Gasteiger charge is 2.54. The molecule has 0 aliphatic heterocycles. The van der Waals surface area contributed by atoms with Gasteiger partial charge in [-0.3, -0.25) is 4.79 Å². The first kappa shape index (κ1) is 12.8. The molecule has 4 saturated carbocycles. The Balaban J connectivity index is 1.58. The second-order valence-electron chi connectivity index (χ2n) is 6.99. The van der Waals surface area contributed by atoms with Crippen LogP contribution in [0.4, 0.5) is 5.82 Å². The van der Waals surface area contributed by atoms with Crippen LogP contribution < -0.4 is 5.32 Å². The van der Waals surface area contributed by atoms with Crippen LogP contribution in [-0.4, -0.2) is 10.9 Å². The SMILES string of the molecule is O=C(Nc1ncccc1Br)C12CC3CC(CC(C3)C1)C2. The van der Waals surface area contributed by atoms with Gasteiger partial charge in [0, 0.05) is 6.20 Å². The van der Waals surface area contributed by atoms with E-state index in [1.165, 1.54) is 19.3 Å². The molecule has 0 radical (unpaired) electrons. The molecule has 106 valence electrons. The van der Waals surface area contributed by atoms with Crippen molar-refractivity contribution in [3.8, 4) is 0 Å². The van der Waals surface area contributed by atoms with Crippen molar-refractivity contribution in [3.05, 3.63) is 22.8 Å². The molecule has 1 heterocycles. The third-order valence-electron chi connectivity index (χ3n) is 5.51. The fourth-order valence-corrected chi connectivity index (χ4v) is 5.46. The summed E-state index contributed by atoms with van der Waals surface area (Å²) in [6.07, 6.45) is 9.08. The number of nitrogens with one attached hydrogen (secondary N) is 1. The van der Waals surface area contributed by atoms with Crippen LogP contribution in [0.1, 0.15) is 38.5 Å². The third-order valence-corrected chi connectivity index (χ3v) is 6.15. The summed E-state index contributed by atoms with van der Waals surface area (Å²) in [5.74, 6) is 3.24. The molecular weight excluding hydrogens is 316 g/mol. The average molecular weight is 335 g/mol. The highest BCUT2D eigenvalue weighted by atomic mass is 79.9. The van der Waals surface area contributed by atoms with Gasteiger partial charge in [0.2, 0.25) is 5.91 Å². The lowest BCUT2D eigenvalue weighted by atomic mass is 9.49. The molecule has 4 bridgehead atoms. The monoisotopic (exact) mass is 334 g/mol. The molecule has 0 aromatic carbocycles. The van der Waals surface area contributed by atoms with Crippen molar-refractivity contribution < 1.29 is 4.79 Å². The number of hydrogen-bond donors (Lipinski definition) is 1. The van der Waals surface area contributed by atoms with Gasteiger partial charge in [-0.1, -0.05) is 0 Å². The second-order valence-corrected chi connectivity index (χ2v) is 7.84. The smallest absolute Gasteiger partial charge is 0.231 e. The van der Waals surface area contributed by atoms with Gasteiger partial charge in [0.05, 0.1) is 9.89 Å². The zero-order chi connectivity index (χ0) is 13.7. The van der Waals surface area contributed by atoms with Gasteiger partial charge in [-0.2, -0.15) is 0 Å². The van der Waals surface area contributed by atoms with E-state index in [4.69, 9.17) is 0 Å². The fraction of sp³-hybridized carbons (Fsp3) is 0.625. The van der Waals surface area contributed by atoms with Crippen LogP contribution in [-0.2, 0) is 4.79 Å². The number of nitrogens with zero attached hydrogens (tertiary/aromatic N) is 1. The van der Waals surface area contributed by atoms with E-state index in [0.717, 1.165) is 41.5 Å². The Bertz CT molecular complexity index is 522. The van der Waals surface area contributed by atoms with Gasteiger partial charge in [0.15, 0.2) is 0 Å². The molecule has 1 N–H and O–H groups in total. The maximum absolute atomic E-state index is 12.8. The lowest BCUT2D eigenvalue weighted by Gasteiger charge is -2.55. The van der Waals surface area contributed by atoms with Crippen LogP contribution >= 0.6 is 15.9 Å². The van der Waals surface area contributed by atoms with Crippen LogP contribution in [0.3, 0.4) is 0 Å². The molecule has 4 fully saturated rings. The molecule has 4 aliphatic carbocycles. The van der Waals surface area contributed by atoms with Gasteiger partial charge in [-0.15, -0.1) is 0 Å². The Morgan fingerprint density at radius 3 is 2.35 bits per heavy atom. The number of halogens is 1. The van der Waals surface area contributed by atoms with Crippen molar-refractivity contribution >= 4 is 27.7 Å². The number of pyridine rings is 1. The van der Waals surface area contributed by atoms with Crippen LogP contribution in [0.25, 0.3) is 0 Å². The predicted octanol–water partition coefficient (Wildman–Crippen LogP) is 4.00. The zero-order valence-corrected chi connectivity index (χ0v) is 13.0. The number of carbonyl (C=O) groups is 1. The lowest BCUT2D eigenvalue weighted by Crippen LogP contribution is -2.51. The van der Waals surface area contributed by atoms with Crippen molar-refractivity contribution in [1.29, 1.82) is 0 Å². The van der Waals surface area contributed by atoms with Crippen LogP contribution in [0.15, 0.2) is 22.8 Å². The quantitative estimate of drug-likeness (QED) is 0.888. The van der Waals surface area contributed by atoms with E-state index in [2.05, 4.69) is 26.2 Å². The molecule has 1 aromatic rings. The summed E-state index contributed by atoms with van der Waals surface area (Å²) < 4.78 is 0.859. The number of hydrogen-bond acceptors (Lipinski definition) is 2. The first-order valence-corrected chi connectivity index (χ1v) is 8.36. The fourth-order valence-electron chi connectivity index (χ4n) is 5.11. The van der Waals surface area contributed by atoms with Crippen molar-refractivity contribution in [2.45, 2.75) is 38.5 Å². The molecule has 4 heteroatoms. The summed E-state index contributed by atoms with van der Waals surface area (Å²) in [4.78, 5) is 17.1. The molecule has 0 saturated heterocycles. The largest absolute Gasteiger partial charge is 0.309 e. The van der Waals surface area contributed by atoms with Gasteiger partial charge in [0.25, 0.3) is 0 Å². The number of carbonyl (C=O) groups excluding carboxylic acids is 1. The van der Waals surface area contributed by atoms with Crippen molar-refractivity contribution in [2.75, 3.05) is 5.32 Å².